The lowest BCUT2D eigenvalue weighted by molar-refractivity contribution is 0.544. The van der Waals surface area contributed by atoms with Crippen molar-refractivity contribution in [1.29, 1.82) is 0 Å². The molecule has 1 aliphatic rings. The van der Waals surface area contributed by atoms with Crippen LogP contribution in [0.15, 0.2) is 115 Å². The van der Waals surface area contributed by atoms with Crippen LogP contribution in [-0.4, -0.2) is 4.57 Å². The van der Waals surface area contributed by atoms with E-state index in [1.807, 2.05) is 0 Å². The van der Waals surface area contributed by atoms with E-state index in [1.54, 1.807) is 11.1 Å². The number of fused-ring (bicyclic) bond motifs is 4. The summed E-state index contributed by atoms with van der Waals surface area (Å²) in [7, 11) is 0. The van der Waals surface area contributed by atoms with Gasteiger partial charge in [0.15, 0.2) is 0 Å². The van der Waals surface area contributed by atoms with Gasteiger partial charge in [-0.05, 0) is 121 Å². The van der Waals surface area contributed by atoms with Gasteiger partial charge in [0.25, 0.3) is 0 Å². The predicted molar refractivity (Wildman–Crippen MR) is 200 cm³/mol. The van der Waals surface area contributed by atoms with Crippen molar-refractivity contribution in [2.24, 2.45) is 0 Å². The summed E-state index contributed by atoms with van der Waals surface area (Å²) in [5.41, 5.74) is 12.8. The van der Waals surface area contributed by atoms with Crippen molar-refractivity contribution < 1.29 is 0 Å². The van der Waals surface area contributed by atoms with Crippen LogP contribution < -0.4 is 0 Å². The van der Waals surface area contributed by atoms with E-state index in [0.717, 1.165) is 6.42 Å². The fourth-order valence-corrected chi connectivity index (χ4v) is 7.27. The van der Waals surface area contributed by atoms with Gasteiger partial charge in [0, 0.05) is 16.5 Å². The van der Waals surface area contributed by atoms with E-state index < -0.39 is 0 Å². The van der Waals surface area contributed by atoms with Crippen LogP contribution >= 0.6 is 0 Å². The molecule has 0 radical (unpaired) electrons. The van der Waals surface area contributed by atoms with E-state index in [0.29, 0.717) is 11.8 Å². The maximum absolute atomic E-state index is 2.44. The molecule has 0 amide bonds. The standard InChI is InChI=1S/C42H43N.C3H8/c1-3-33(35-24-26-38(27-25-35)43-41-14-8-6-12-39(41)40-13-7-9-15-42(40)43)28-30(2)34-19-16-31(17-20-34)10-4-5-11-32-18-21-36-22-23-37(36)29-32;1-3-2/h6-9,12-21,24-27,29-30,33H,3-5,10-11,22-23,28H2,1-2H3;3H2,1-2H3. The van der Waals surface area contributed by atoms with Crippen molar-refractivity contribution in [3.05, 3.63) is 149 Å². The topological polar surface area (TPSA) is 4.93 Å². The number of benzene rings is 5. The first-order valence-electron chi connectivity index (χ1n) is 17.9. The van der Waals surface area contributed by atoms with Gasteiger partial charge in [0.05, 0.1) is 11.0 Å². The summed E-state index contributed by atoms with van der Waals surface area (Å²) in [6.45, 7) is 8.99. The minimum absolute atomic E-state index is 0.534. The van der Waals surface area contributed by atoms with Crippen molar-refractivity contribution in [1.82, 2.24) is 4.57 Å². The van der Waals surface area contributed by atoms with Crippen molar-refractivity contribution in [2.45, 2.75) is 97.3 Å². The summed E-state index contributed by atoms with van der Waals surface area (Å²) in [5.74, 6) is 1.09. The molecule has 1 aromatic heterocycles. The molecular formula is C45H51N. The molecule has 0 spiro atoms. The zero-order valence-corrected chi connectivity index (χ0v) is 28.4. The lowest BCUT2D eigenvalue weighted by Crippen LogP contribution is -2.08. The van der Waals surface area contributed by atoms with Gasteiger partial charge in [-0.1, -0.05) is 125 Å². The predicted octanol–water partition coefficient (Wildman–Crippen LogP) is 12.6. The quantitative estimate of drug-likeness (QED) is 0.129. The monoisotopic (exact) mass is 605 g/mol. The molecule has 236 valence electrons. The van der Waals surface area contributed by atoms with Gasteiger partial charge >= 0.3 is 0 Å². The molecular weight excluding hydrogens is 555 g/mol. The van der Waals surface area contributed by atoms with E-state index in [4.69, 9.17) is 0 Å². The van der Waals surface area contributed by atoms with Crippen LogP contribution in [0.25, 0.3) is 27.5 Å². The second-order valence-corrected chi connectivity index (χ2v) is 13.5. The van der Waals surface area contributed by atoms with Crippen LogP contribution in [0, 0.1) is 0 Å². The van der Waals surface area contributed by atoms with Gasteiger partial charge in [-0.3, -0.25) is 0 Å². The highest BCUT2D eigenvalue weighted by molar-refractivity contribution is 6.09. The smallest absolute Gasteiger partial charge is 0.0541 e. The molecule has 5 aromatic carbocycles. The van der Waals surface area contributed by atoms with Crippen molar-refractivity contribution in [3.63, 3.8) is 0 Å². The van der Waals surface area contributed by atoms with Gasteiger partial charge in [0.2, 0.25) is 0 Å². The second-order valence-electron chi connectivity index (χ2n) is 13.5. The average molecular weight is 606 g/mol. The Bertz CT molecular complexity index is 1800. The second kappa shape index (κ2) is 15.0. The third kappa shape index (κ3) is 7.00. The summed E-state index contributed by atoms with van der Waals surface area (Å²) in [6.07, 6.45) is 11.0. The zero-order chi connectivity index (χ0) is 31.9. The maximum atomic E-state index is 2.44. The van der Waals surface area contributed by atoms with Crippen LogP contribution in [0.4, 0.5) is 0 Å². The first kappa shape index (κ1) is 31.9. The molecule has 6 aromatic rings. The first-order valence-corrected chi connectivity index (χ1v) is 17.9. The maximum Gasteiger partial charge on any atom is 0.0541 e. The number of rotatable bonds is 11. The Morgan fingerprint density at radius 2 is 1.13 bits per heavy atom. The van der Waals surface area contributed by atoms with Gasteiger partial charge in [0.1, 0.15) is 0 Å². The van der Waals surface area contributed by atoms with Crippen LogP contribution in [-0.2, 0) is 25.7 Å². The number of para-hydroxylation sites is 2. The molecule has 2 unspecified atom stereocenters. The van der Waals surface area contributed by atoms with E-state index in [-0.39, 0.29) is 0 Å². The molecule has 2 atom stereocenters. The third-order valence-corrected chi connectivity index (χ3v) is 10.00. The van der Waals surface area contributed by atoms with Gasteiger partial charge < -0.3 is 4.57 Å². The van der Waals surface area contributed by atoms with Crippen LogP contribution in [0.1, 0.15) is 105 Å². The molecule has 1 heterocycles. The van der Waals surface area contributed by atoms with Crippen LogP contribution in [0.5, 0.6) is 0 Å². The normalized spacial score (nSPS) is 13.5. The average Bonchev–Trinajstić information content (AvgIpc) is 3.42. The molecule has 0 fully saturated rings. The molecule has 0 saturated heterocycles. The first-order chi connectivity index (χ1) is 22.6. The summed E-state index contributed by atoms with van der Waals surface area (Å²) >= 11 is 0. The Labute approximate surface area is 277 Å². The number of hydrogen-bond donors (Lipinski definition) is 0. The number of hydrogen-bond acceptors (Lipinski definition) is 0. The Hall–Kier alpha value is -4.10. The molecule has 1 heteroatoms. The summed E-state index contributed by atoms with van der Waals surface area (Å²) in [4.78, 5) is 0. The Kier molecular flexibility index (Phi) is 10.4. The highest BCUT2D eigenvalue weighted by Crippen LogP contribution is 2.35. The Morgan fingerprint density at radius 1 is 0.587 bits per heavy atom. The number of aryl methyl sites for hydroxylation is 4. The Balaban J connectivity index is 0.00000119. The molecule has 46 heavy (non-hydrogen) atoms. The zero-order valence-electron chi connectivity index (χ0n) is 28.4. The van der Waals surface area contributed by atoms with Crippen molar-refractivity contribution >= 4 is 21.8 Å². The summed E-state index contributed by atoms with van der Waals surface area (Å²) < 4.78 is 2.41. The minimum atomic E-state index is 0.534. The number of nitrogens with zero attached hydrogens (tertiary/aromatic N) is 1. The summed E-state index contributed by atoms with van der Waals surface area (Å²) in [6, 6.07) is 43.5. The molecule has 1 aliphatic carbocycles. The fourth-order valence-electron chi connectivity index (χ4n) is 7.27. The van der Waals surface area contributed by atoms with Crippen LogP contribution in [0.2, 0.25) is 0 Å². The van der Waals surface area contributed by atoms with E-state index in [1.165, 1.54) is 101 Å². The Morgan fingerprint density at radius 3 is 1.70 bits per heavy atom. The van der Waals surface area contributed by atoms with E-state index in [2.05, 4.69) is 148 Å². The van der Waals surface area contributed by atoms with Gasteiger partial charge in [-0.15, -0.1) is 0 Å². The lowest BCUT2D eigenvalue weighted by atomic mass is 9.84. The molecule has 0 bridgehead atoms. The highest BCUT2D eigenvalue weighted by Gasteiger charge is 2.17. The third-order valence-electron chi connectivity index (χ3n) is 10.00. The van der Waals surface area contributed by atoms with Gasteiger partial charge in [-0.2, -0.15) is 0 Å². The SMILES string of the molecule is CCC.CCC(CC(C)c1ccc(CCCCc2ccc3c(c2)CC3)cc1)c1ccc(-n2c3ccccc3c3ccccc32)cc1. The van der Waals surface area contributed by atoms with Crippen LogP contribution in [0.3, 0.4) is 0 Å². The number of unbranched alkanes of at least 4 members (excludes halogenated alkanes) is 1. The number of aromatic nitrogens is 1. The molecule has 0 saturated carbocycles. The fraction of sp³-hybridized carbons (Fsp3) is 0.333. The highest BCUT2D eigenvalue weighted by atomic mass is 15.0. The molecule has 0 aliphatic heterocycles. The largest absolute Gasteiger partial charge is 0.309 e. The minimum Gasteiger partial charge on any atom is -0.309 e. The van der Waals surface area contributed by atoms with Crippen molar-refractivity contribution in [3.8, 4) is 5.69 Å². The van der Waals surface area contributed by atoms with E-state index in [9.17, 15) is 0 Å². The van der Waals surface area contributed by atoms with E-state index >= 15 is 0 Å². The lowest BCUT2D eigenvalue weighted by Gasteiger charge is -2.21. The molecule has 1 nitrogen and oxygen atoms in total. The van der Waals surface area contributed by atoms with Crippen molar-refractivity contribution in [2.75, 3.05) is 0 Å². The van der Waals surface area contributed by atoms with Gasteiger partial charge in [-0.25, -0.2) is 0 Å². The summed E-state index contributed by atoms with van der Waals surface area (Å²) in [5, 5.41) is 2.63. The molecule has 0 N–H and O–H groups in total. The molecule has 7 rings (SSSR count).